The number of sulfonamides is 1. The van der Waals surface area contributed by atoms with Crippen LogP contribution in [0.3, 0.4) is 0 Å². The van der Waals surface area contributed by atoms with Gasteiger partial charge in [-0.2, -0.15) is 0 Å². The standard InChI is InChI=1S/C27H25N5O4S/c1-19-5-2-8-23(29-19)27(34)32-17-15-31(16-18-32)26(33)21-10-12-22(13-11-21)30-37(35,36)24-9-3-6-20-7-4-14-28-25(20)24/h2-14,30H,15-18H2,1H3. The molecule has 0 aliphatic carbocycles. The Kier molecular flexibility index (Phi) is 6.58. The van der Waals surface area contributed by atoms with Crippen molar-refractivity contribution in [2.75, 3.05) is 30.9 Å². The normalized spacial score (nSPS) is 14.0. The number of benzene rings is 2. The Bertz CT molecular complexity index is 1570. The summed E-state index contributed by atoms with van der Waals surface area (Å²) in [6, 6.07) is 20.2. The van der Waals surface area contributed by atoms with Gasteiger partial charge < -0.3 is 9.80 Å². The molecule has 0 radical (unpaired) electrons. The van der Waals surface area contributed by atoms with Gasteiger partial charge >= 0.3 is 0 Å². The molecule has 0 bridgehead atoms. The van der Waals surface area contributed by atoms with Gasteiger partial charge in [0.2, 0.25) is 0 Å². The van der Waals surface area contributed by atoms with Gasteiger partial charge in [-0.15, -0.1) is 0 Å². The zero-order chi connectivity index (χ0) is 26.0. The van der Waals surface area contributed by atoms with Gasteiger partial charge in [-0.25, -0.2) is 13.4 Å². The van der Waals surface area contributed by atoms with Crippen LogP contribution in [-0.4, -0.2) is 66.2 Å². The Labute approximate surface area is 214 Å². The summed E-state index contributed by atoms with van der Waals surface area (Å²) in [5.41, 5.74) is 2.34. The third-order valence-electron chi connectivity index (χ3n) is 6.23. The first-order valence-electron chi connectivity index (χ1n) is 11.8. The Balaban J connectivity index is 1.23. The summed E-state index contributed by atoms with van der Waals surface area (Å²) >= 11 is 0. The van der Waals surface area contributed by atoms with Gasteiger partial charge in [-0.05, 0) is 55.5 Å². The van der Waals surface area contributed by atoms with Gasteiger partial charge in [0.1, 0.15) is 10.6 Å². The minimum absolute atomic E-state index is 0.0824. The molecular formula is C27H25N5O4S. The monoisotopic (exact) mass is 515 g/mol. The predicted molar refractivity (Wildman–Crippen MR) is 140 cm³/mol. The van der Waals surface area contributed by atoms with Gasteiger partial charge in [0.25, 0.3) is 21.8 Å². The molecule has 0 unspecified atom stereocenters. The summed E-state index contributed by atoms with van der Waals surface area (Å²) < 4.78 is 28.6. The second-order valence-electron chi connectivity index (χ2n) is 8.76. The highest BCUT2D eigenvalue weighted by atomic mass is 32.2. The Hall–Kier alpha value is -4.31. The zero-order valence-corrected chi connectivity index (χ0v) is 21.0. The predicted octanol–water partition coefficient (Wildman–Crippen LogP) is 3.34. The van der Waals surface area contributed by atoms with E-state index in [0.29, 0.717) is 48.6 Å². The molecule has 188 valence electrons. The maximum atomic E-state index is 13.0. The number of hydrogen-bond acceptors (Lipinski definition) is 6. The van der Waals surface area contributed by atoms with Gasteiger partial charge in [0, 0.05) is 54.7 Å². The number of nitrogens with one attached hydrogen (secondary N) is 1. The van der Waals surface area contributed by atoms with Crippen molar-refractivity contribution in [3.63, 3.8) is 0 Å². The van der Waals surface area contributed by atoms with Crippen LogP contribution >= 0.6 is 0 Å². The molecule has 1 aliphatic heterocycles. The molecule has 1 N–H and O–H groups in total. The quantitative estimate of drug-likeness (QED) is 0.436. The topological polar surface area (TPSA) is 113 Å². The first kappa shape index (κ1) is 24.4. The maximum absolute atomic E-state index is 13.0. The Morgan fingerprint density at radius 2 is 1.46 bits per heavy atom. The number of pyridine rings is 2. The third-order valence-corrected chi connectivity index (χ3v) is 7.64. The van der Waals surface area contributed by atoms with E-state index in [2.05, 4.69) is 14.7 Å². The highest BCUT2D eigenvalue weighted by Gasteiger charge is 2.26. The maximum Gasteiger partial charge on any atom is 0.272 e. The van der Waals surface area contributed by atoms with Crippen molar-refractivity contribution in [3.8, 4) is 0 Å². The highest BCUT2D eigenvalue weighted by molar-refractivity contribution is 7.93. The van der Waals surface area contributed by atoms with E-state index in [1.54, 1.807) is 76.7 Å². The lowest BCUT2D eigenvalue weighted by Crippen LogP contribution is -2.50. The molecule has 1 fully saturated rings. The van der Waals surface area contributed by atoms with E-state index < -0.39 is 10.0 Å². The van der Waals surface area contributed by atoms with Crippen molar-refractivity contribution >= 4 is 38.4 Å². The number of piperazine rings is 1. The molecule has 0 spiro atoms. The van der Waals surface area contributed by atoms with E-state index in [1.807, 2.05) is 13.0 Å². The van der Waals surface area contributed by atoms with Gasteiger partial charge in [0.15, 0.2) is 0 Å². The summed E-state index contributed by atoms with van der Waals surface area (Å²) in [5.74, 6) is -0.317. The smallest absolute Gasteiger partial charge is 0.272 e. The lowest BCUT2D eigenvalue weighted by molar-refractivity contribution is 0.0532. The van der Waals surface area contributed by atoms with Crippen molar-refractivity contribution in [2.24, 2.45) is 0 Å². The van der Waals surface area contributed by atoms with Crippen LogP contribution in [0.15, 0.2) is 83.9 Å². The van der Waals surface area contributed by atoms with E-state index in [0.717, 1.165) is 11.1 Å². The molecule has 0 atom stereocenters. The van der Waals surface area contributed by atoms with E-state index >= 15 is 0 Å². The number of fused-ring (bicyclic) bond motifs is 1. The zero-order valence-electron chi connectivity index (χ0n) is 20.2. The Morgan fingerprint density at radius 3 is 2.16 bits per heavy atom. The first-order valence-corrected chi connectivity index (χ1v) is 13.3. The highest BCUT2D eigenvalue weighted by Crippen LogP contribution is 2.23. The SMILES string of the molecule is Cc1cccc(C(=O)N2CCN(C(=O)c3ccc(NS(=O)(=O)c4cccc5cccnc45)cc3)CC2)n1. The number of anilines is 1. The van der Waals surface area contributed by atoms with Gasteiger partial charge in [0.05, 0.1) is 5.52 Å². The fraction of sp³-hybridized carbons (Fsp3) is 0.185. The van der Waals surface area contributed by atoms with Crippen LogP contribution in [0.1, 0.15) is 26.5 Å². The summed E-state index contributed by atoms with van der Waals surface area (Å²) in [7, 11) is -3.88. The van der Waals surface area contributed by atoms with Crippen molar-refractivity contribution in [3.05, 3.63) is 95.9 Å². The number of hydrogen-bond donors (Lipinski definition) is 1. The average Bonchev–Trinajstić information content (AvgIpc) is 2.92. The number of carbonyl (C=O) groups excluding carboxylic acids is 2. The minimum atomic E-state index is -3.88. The molecule has 2 aromatic carbocycles. The molecule has 0 saturated carbocycles. The minimum Gasteiger partial charge on any atom is -0.335 e. The number of rotatable bonds is 5. The molecule has 1 saturated heterocycles. The summed E-state index contributed by atoms with van der Waals surface area (Å²) in [4.78, 5) is 37.7. The molecule has 5 rings (SSSR count). The van der Waals surface area contributed by atoms with Crippen LogP contribution in [0, 0.1) is 6.92 Å². The first-order chi connectivity index (χ1) is 17.8. The second-order valence-corrected chi connectivity index (χ2v) is 10.4. The molecular weight excluding hydrogens is 490 g/mol. The van der Waals surface area contributed by atoms with Crippen molar-refractivity contribution in [1.29, 1.82) is 0 Å². The molecule has 3 heterocycles. The number of nitrogens with zero attached hydrogens (tertiary/aromatic N) is 4. The number of para-hydroxylation sites is 1. The summed E-state index contributed by atoms with van der Waals surface area (Å²) in [6.45, 7) is 3.47. The van der Waals surface area contributed by atoms with Crippen LogP contribution in [0.4, 0.5) is 5.69 Å². The number of aryl methyl sites for hydroxylation is 1. The second kappa shape index (κ2) is 9.98. The molecule has 2 amide bonds. The lowest BCUT2D eigenvalue weighted by Gasteiger charge is -2.34. The average molecular weight is 516 g/mol. The van der Waals surface area contributed by atoms with E-state index in [4.69, 9.17) is 0 Å². The molecule has 9 nitrogen and oxygen atoms in total. The number of carbonyl (C=O) groups is 2. The van der Waals surface area contributed by atoms with Crippen LogP contribution in [0.25, 0.3) is 10.9 Å². The molecule has 37 heavy (non-hydrogen) atoms. The number of aromatic nitrogens is 2. The van der Waals surface area contributed by atoms with Crippen molar-refractivity contribution in [2.45, 2.75) is 11.8 Å². The lowest BCUT2D eigenvalue weighted by atomic mass is 10.1. The molecule has 2 aromatic heterocycles. The van der Waals surface area contributed by atoms with Crippen LogP contribution < -0.4 is 4.72 Å². The molecule has 4 aromatic rings. The third kappa shape index (κ3) is 5.14. The van der Waals surface area contributed by atoms with E-state index in [-0.39, 0.29) is 16.7 Å². The van der Waals surface area contributed by atoms with Gasteiger partial charge in [-0.1, -0.05) is 24.3 Å². The molecule has 1 aliphatic rings. The van der Waals surface area contributed by atoms with E-state index in [9.17, 15) is 18.0 Å². The van der Waals surface area contributed by atoms with E-state index in [1.165, 1.54) is 6.07 Å². The van der Waals surface area contributed by atoms with Gasteiger partial charge in [-0.3, -0.25) is 19.3 Å². The summed E-state index contributed by atoms with van der Waals surface area (Å²) in [5, 5.41) is 0.725. The largest absolute Gasteiger partial charge is 0.335 e. The molecule has 10 heteroatoms. The summed E-state index contributed by atoms with van der Waals surface area (Å²) in [6.07, 6.45) is 1.55. The van der Waals surface area contributed by atoms with Crippen molar-refractivity contribution < 1.29 is 18.0 Å². The van der Waals surface area contributed by atoms with Crippen LogP contribution in [0.5, 0.6) is 0 Å². The Morgan fingerprint density at radius 1 is 0.811 bits per heavy atom. The fourth-order valence-electron chi connectivity index (χ4n) is 4.30. The fourth-order valence-corrected chi connectivity index (χ4v) is 5.54. The van der Waals surface area contributed by atoms with Crippen LogP contribution in [-0.2, 0) is 10.0 Å². The van der Waals surface area contributed by atoms with Crippen molar-refractivity contribution in [1.82, 2.24) is 19.8 Å². The number of amides is 2. The van der Waals surface area contributed by atoms with Crippen LogP contribution in [0.2, 0.25) is 0 Å².